The first kappa shape index (κ1) is 11.9. The molecule has 2 rings (SSSR count). The van der Waals surface area contributed by atoms with Crippen molar-refractivity contribution in [3.63, 3.8) is 0 Å². The SMILES string of the molecule is COCC(C1CC1)N1CC(Cl)N=C(C)C1=O. The predicted molar refractivity (Wildman–Crippen MR) is 62.9 cm³/mol. The van der Waals surface area contributed by atoms with E-state index in [-0.39, 0.29) is 17.5 Å². The number of hydrogen-bond acceptors (Lipinski definition) is 3. The Morgan fingerprint density at radius 1 is 1.62 bits per heavy atom. The molecule has 0 N–H and O–H groups in total. The third kappa shape index (κ3) is 2.38. The summed E-state index contributed by atoms with van der Waals surface area (Å²) in [4.78, 5) is 17.9. The van der Waals surface area contributed by atoms with Crippen LogP contribution in [-0.2, 0) is 9.53 Å². The van der Waals surface area contributed by atoms with Crippen LogP contribution in [0.25, 0.3) is 0 Å². The molecule has 0 spiro atoms. The molecule has 0 aromatic heterocycles. The zero-order valence-electron chi connectivity index (χ0n) is 9.65. The molecular weight excluding hydrogens is 228 g/mol. The van der Waals surface area contributed by atoms with Crippen LogP contribution in [0.2, 0.25) is 0 Å². The Morgan fingerprint density at radius 3 is 2.88 bits per heavy atom. The molecular formula is C11H17ClN2O2. The minimum Gasteiger partial charge on any atom is -0.383 e. The summed E-state index contributed by atoms with van der Waals surface area (Å²) in [5, 5.41) is 0. The number of carbonyl (C=O) groups excluding carboxylic acids is 1. The first-order valence-corrected chi connectivity index (χ1v) is 6.05. The summed E-state index contributed by atoms with van der Waals surface area (Å²) in [7, 11) is 1.67. The van der Waals surface area contributed by atoms with Crippen molar-refractivity contribution < 1.29 is 9.53 Å². The lowest BCUT2D eigenvalue weighted by atomic mass is 10.1. The number of methoxy groups -OCH3 is 1. The molecule has 1 heterocycles. The van der Waals surface area contributed by atoms with E-state index in [2.05, 4.69) is 4.99 Å². The highest BCUT2D eigenvalue weighted by Crippen LogP contribution is 2.36. The molecule has 0 aromatic rings. The highest BCUT2D eigenvalue weighted by molar-refractivity contribution is 6.39. The minimum atomic E-state index is -0.309. The van der Waals surface area contributed by atoms with Gasteiger partial charge in [-0.15, -0.1) is 0 Å². The summed E-state index contributed by atoms with van der Waals surface area (Å²) in [5.74, 6) is 0.588. The lowest BCUT2D eigenvalue weighted by molar-refractivity contribution is -0.128. The van der Waals surface area contributed by atoms with Crippen molar-refractivity contribution in [3.8, 4) is 0 Å². The Bertz CT molecular complexity index is 315. The molecule has 16 heavy (non-hydrogen) atoms. The van der Waals surface area contributed by atoms with Gasteiger partial charge in [-0.05, 0) is 25.7 Å². The molecule has 2 aliphatic rings. The highest BCUT2D eigenvalue weighted by atomic mass is 35.5. The van der Waals surface area contributed by atoms with Crippen molar-refractivity contribution >= 4 is 23.2 Å². The van der Waals surface area contributed by atoms with Gasteiger partial charge in [0.1, 0.15) is 5.50 Å². The molecule has 1 saturated carbocycles. The molecule has 4 nitrogen and oxygen atoms in total. The fourth-order valence-electron chi connectivity index (χ4n) is 2.18. The van der Waals surface area contributed by atoms with E-state index in [9.17, 15) is 4.79 Å². The van der Waals surface area contributed by atoms with Gasteiger partial charge in [-0.1, -0.05) is 11.6 Å². The summed E-state index contributed by atoms with van der Waals surface area (Å²) >= 11 is 6.02. The summed E-state index contributed by atoms with van der Waals surface area (Å²) in [6.45, 7) is 2.82. The molecule has 1 aliphatic carbocycles. The molecule has 0 aromatic carbocycles. The zero-order chi connectivity index (χ0) is 11.7. The fourth-order valence-corrected chi connectivity index (χ4v) is 2.47. The summed E-state index contributed by atoms with van der Waals surface area (Å²) in [6, 6.07) is 0.171. The summed E-state index contributed by atoms with van der Waals surface area (Å²) < 4.78 is 5.20. The quantitative estimate of drug-likeness (QED) is 0.552. The van der Waals surface area contributed by atoms with Crippen LogP contribution in [0.1, 0.15) is 19.8 Å². The second-order valence-corrected chi connectivity index (χ2v) is 4.97. The zero-order valence-corrected chi connectivity index (χ0v) is 10.4. The summed E-state index contributed by atoms with van der Waals surface area (Å²) in [6.07, 6.45) is 2.36. The van der Waals surface area contributed by atoms with Gasteiger partial charge in [0.25, 0.3) is 5.91 Å². The van der Waals surface area contributed by atoms with E-state index in [1.165, 1.54) is 12.8 Å². The second kappa shape index (κ2) is 4.72. The first-order chi connectivity index (χ1) is 7.63. The number of alkyl halides is 1. The van der Waals surface area contributed by atoms with Gasteiger partial charge in [0.2, 0.25) is 0 Å². The third-order valence-corrected chi connectivity index (χ3v) is 3.39. The van der Waals surface area contributed by atoms with Crippen LogP contribution >= 0.6 is 11.6 Å². The van der Waals surface area contributed by atoms with Gasteiger partial charge in [-0.2, -0.15) is 0 Å². The maximum Gasteiger partial charge on any atom is 0.268 e. The number of rotatable bonds is 4. The molecule has 2 unspecified atom stereocenters. The maximum atomic E-state index is 12.0. The monoisotopic (exact) mass is 244 g/mol. The van der Waals surface area contributed by atoms with Gasteiger partial charge in [-0.3, -0.25) is 9.79 Å². The topological polar surface area (TPSA) is 41.9 Å². The molecule has 0 radical (unpaired) electrons. The fraction of sp³-hybridized carbons (Fsp3) is 0.818. The molecule has 0 bridgehead atoms. The van der Waals surface area contributed by atoms with Crippen molar-refractivity contribution in [2.45, 2.75) is 31.3 Å². The normalized spacial score (nSPS) is 27.9. The number of aliphatic imine (C=N–C) groups is 1. The molecule has 1 amide bonds. The minimum absolute atomic E-state index is 0.00542. The first-order valence-electron chi connectivity index (χ1n) is 5.62. The van der Waals surface area contributed by atoms with Gasteiger partial charge >= 0.3 is 0 Å². The third-order valence-electron chi connectivity index (χ3n) is 3.16. The standard InChI is InChI=1S/C11H17ClN2O2/c1-7-11(15)14(5-10(12)13-7)9(6-16-2)8-3-4-8/h8-10H,3-6H2,1-2H3. The van der Waals surface area contributed by atoms with E-state index < -0.39 is 0 Å². The van der Waals surface area contributed by atoms with Gasteiger partial charge in [0.05, 0.1) is 24.9 Å². The van der Waals surface area contributed by atoms with Crippen LogP contribution in [0.4, 0.5) is 0 Å². The van der Waals surface area contributed by atoms with E-state index in [0.29, 0.717) is 24.8 Å². The Balaban J connectivity index is 2.12. The Labute approximate surface area is 101 Å². The van der Waals surface area contributed by atoms with Crippen LogP contribution in [0.3, 0.4) is 0 Å². The van der Waals surface area contributed by atoms with E-state index >= 15 is 0 Å². The van der Waals surface area contributed by atoms with E-state index in [1.54, 1.807) is 14.0 Å². The van der Waals surface area contributed by atoms with Crippen LogP contribution in [0, 0.1) is 5.92 Å². The number of ether oxygens (including phenoxy) is 1. The highest BCUT2D eigenvalue weighted by Gasteiger charge is 2.40. The van der Waals surface area contributed by atoms with Gasteiger partial charge in [0.15, 0.2) is 0 Å². The van der Waals surface area contributed by atoms with Crippen LogP contribution in [-0.4, -0.2) is 48.3 Å². The summed E-state index contributed by atoms with van der Waals surface area (Å²) in [5.41, 5.74) is 0.198. The van der Waals surface area contributed by atoms with Crippen molar-refractivity contribution in [1.29, 1.82) is 0 Å². The molecule has 0 saturated heterocycles. The van der Waals surface area contributed by atoms with Gasteiger partial charge in [0, 0.05) is 7.11 Å². The molecule has 90 valence electrons. The van der Waals surface area contributed by atoms with E-state index in [0.717, 1.165) is 0 Å². The number of halogens is 1. The van der Waals surface area contributed by atoms with Crippen LogP contribution in [0.5, 0.6) is 0 Å². The average Bonchev–Trinajstić information content (AvgIpc) is 3.04. The average molecular weight is 245 g/mol. The Hall–Kier alpha value is -0.610. The lowest BCUT2D eigenvalue weighted by Crippen LogP contribution is -2.51. The van der Waals surface area contributed by atoms with Crippen LogP contribution in [0.15, 0.2) is 4.99 Å². The van der Waals surface area contributed by atoms with Crippen LogP contribution < -0.4 is 0 Å². The number of hydrogen-bond donors (Lipinski definition) is 0. The van der Waals surface area contributed by atoms with Crippen molar-refractivity contribution in [2.24, 2.45) is 10.9 Å². The molecule has 2 atom stereocenters. The lowest BCUT2D eigenvalue weighted by Gasteiger charge is -2.35. The second-order valence-electron chi connectivity index (χ2n) is 4.47. The number of nitrogens with zero attached hydrogens (tertiary/aromatic N) is 2. The number of carbonyl (C=O) groups is 1. The Kier molecular flexibility index (Phi) is 3.50. The van der Waals surface area contributed by atoms with Gasteiger partial charge < -0.3 is 9.64 Å². The van der Waals surface area contributed by atoms with E-state index in [4.69, 9.17) is 16.3 Å². The van der Waals surface area contributed by atoms with Crippen molar-refractivity contribution in [3.05, 3.63) is 0 Å². The number of amides is 1. The van der Waals surface area contributed by atoms with Crippen molar-refractivity contribution in [2.75, 3.05) is 20.3 Å². The van der Waals surface area contributed by atoms with E-state index in [1.807, 2.05) is 4.90 Å². The largest absolute Gasteiger partial charge is 0.383 e. The Morgan fingerprint density at radius 2 is 2.31 bits per heavy atom. The molecule has 1 aliphatic heterocycles. The smallest absolute Gasteiger partial charge is 0.268 e. The van der Waals surface area contributed by atoms with Gasteiger partial charge in [-0.25, -0.2) is 0 Å². The maximum absolute atomic E-state index is 12.0. The molecule has 5 heteroatoms. The van der Waals surface area contributed by atoms with Crippen molar-refractivity contribution in [1.82, 2.24) is 4.90 Å². The molecule has 1 fully saturated rings. The predicted octanol–water partition coefficient (Wildman–Crippen LogP) is 1.28.